The minimum Gasteiger partial charge on any atom is -0.368 e. The zero-order valence-electron chi connectivity index (χ0n) is 16.2. The number of nitrogens with zero attached hydrogens (tertiary/aromatic N) is 5. The van der Waals surface area contributed by atoms with E-state index >= 15 is 0 Å². The van der Waals surface area contributed by atoms with Crippen molar-refractivity contribution in [3.8, 4) is 0 Å². The standard InChI is InChI=1S/C21H24FN5O2/c22-17-1-3-18(4-2-17)25-11-13-27(14-12-25)21(29)20-6-5-19(15-23-20)26-9-7-24(16-28)8-10-26/h1-6,15-16H,7-14H2. The first-order chi connectivity index (χ1) is 14.1. The molecule has 2 aliphatic heterocycles. The molecule has 2 aromatic rings. The fourth-order valence-corrected chi connectivity index (χ4v) is 3.77. The smallest absolute Gasteiger partial charge is 0.272 e. The maximum absolute atomic E-state index is 13.1. The number of anilines is 2. The Morgan fingerprint density at radius 3 is 2.00 bits per heavy atom. The number of benzene rings is 1. The lowest BCUT2D eigenvalue weighted by Crippen LogP contribution is -2.49. The lowest BCUT2D eigenvalue weighted by atomic mass is 10.2. The molecule has 0 unspecified atom stereocenters. The number of halogens is 1. The molecule has 2 saturated heterocycles. The number of amides is 2. The first-order valence-corrected chi connectivity index (χ1v) is 9.84. The van der Waals surface area contributed by atoms with Crippen molar-refractivity contribution in [2.75, 3.05) is 62.2 Å². The summed E-state index contributed by atoms with van der Waals surface area (Å²) >= 11 is 0. The molecule has 0 spiro atoms. The maximum Gasteiger partial charge on any atom is 0.272 e. The lowest BCUT2D eigenvalue weighted by molar-refractivity contribution is -0.118. The second kappa shape index (κ2) is 8.46. The molecule has 152 valence electrons. The summed E-state index contributed by atoms with van der Waals surface area (Å²) in [5.41, 5.74) is 2.37. The predicted molar refractivity (Wildman–Crippen MR) is 109 cm³/mol. The molecule has 0 radical (unpaired) electrons. The first kappa shape index (κ1) is 19.2. The van der Waals surface area contributed by atoms with E-state index in [1.165, 1.54) is 12.1 Å². The molecule has 8 heteroatoms. The van der Waals surface area contributed by atoms with Crippen molar-refractivity contribution < 1.29 is 14.0 Å². The van der Waals surface area contributed by atoms with Crippen LogP contribution in [0.25, 0.3) is 0 Å². The average Bonchev–Trinajstić information content (AvgIpc) is 2.79. The highest BCUT2D eigenvalue weighted by atomic mass is 19.1. The fraction of sp³-hybridized carbons (Fsp3) is 0.381. The number of hydrogen-bond acceptors (Lipinski definition) is 5. The zero-order chi connectivity index (χ0) is 20.2. The van der Waals surface area contributed by atoms with Gasteiger partial charge in [0.05, 0.1) is 11.9 Å². The van der Waals surface area contributed by atoms with Gasteiger partial charge in [-0.05, 0) is 36.4 Å². The van der Waals surface area contributed by atoms with Gasteiger partial charge in [-0.1, -0.05) is 0 Å². The van der Waals surface area contributed by atoms with Crippen molar-refractivity contribution >= 4 is 23.7 Å². The molecule has 3 heterocycles. The van der Waals surface area contributed by atoms with Crippen LogP contribution in [-0.4, -0.2) is 79.5 Å². The molecule has 0 atom stereocenters. The Morgan fingerprint density at radius 1 is 0.828 bits per heavy atom. The number of carbonyl (C=O) groups excluding carboxylic acids is 2. The SMILES string of the molecule is O=CN1CCN(c2ccc(C(=O)N3CCN(c4ccc(F)cc4)CC3)nc2)CC1. The molecule has 1 aromatic carbocycles. The Kier molecular flexibility index (Phi) is 5.59. The van der Waals surface area contributed by atoms with Crippen molar-refractivity contribution in [2.24, 2.45) is 0 Å². The maximum atomic E-state index is 13.1. The van der Waals surface area contributed by atoms with Gasteiger partial charge in [0.1, 0.15) is 11.5 Å². The van der Waals surface area contributed by atoms with Gasteiger partial charge in [-0.2, -0.15) is 0 Å². The number of hydrogen-bond donors (Lipinski definition) is 0. The molecule has 0 aliphatic carbocycles. The molecule has 0 N–H and O–H groups in total. The minimum absolute atomic E-state index is 0.0684. The van der Waals surface area contributed by atoms with Crippen LogP contribution in [0.1, 0.15) is 10.5 Å². The van der Waals surface area contributed by atoms with Gasteiger partial charge in [0.15, 0.2) is 0 Å². The summed E-state index contributed by atoms with van der Waals surface area (Å²) in [6, 6.07) is 10.1. The number of carbonyl (C=O) groups is 2. The largest absolute Gasteiger partial charge is 0.368 e. The van der Waals surface area contributed by atoms with E-state index in [4.69, 9.17) is 0 Å². The summed E-state index contributed by atoms with van der Waals surface area (Å²) in [5, 5.41) is 0. The monoisotopic (exact) mass is 397 g/mol. The highest BCUT2D eigenvalue weighted by Crippen LogP contribution is 2.19. The van der Waals surface area contributed by atoms with E-state index in [0.29, 0.717) is 45.0 Å². The Labute approximate surface area is 169 Å². The van der Waals surface area contributed by atoms with Crippen molar-refractivity contribution in [3.05, 3.63) is 54.1 Å². The molecular weight excluding hydrogens is 373 g/mol. The Hall–Kier alpha value is -3.16. The van der Waals surface area contributed by atoms with Crippen molar-refractivity contribution in [1.82, 2.24) is 14.8 Å². The van der Waals surface area contributed by atoms with Crippen LogP contribution >= 0.6 is 0 Å². The Bertz CT molecular complexity index is 842. The highest BCUT2D eigenvalue weighted by Gasteiger charge is 2.23. The Morgan fingerprint density at radius 2 is 1.41 bits per heavy atom. The molecule has 2 fully saturated rings. The van der Waals surface area contributed by atoms with E-state index in [0.717, 1.165) is 30.9 Å². The molecule has 29 heavy (non-hydrogen) atoms. The third-order valence-corrected chi connectivity index (χ3v) is 5.55. The van der Waals surface area contributed by atoms with E-state index in [9.17, 15) is 14.0 Å². The number of rotatable bonds is 4. The van der Waals surface area contributed by atoms with E-state index in [-0.39, 0.29) is 11.7 Å². The highest BCUT2D eigenvalue weighted by molar-refractivity contribution is 5.92. The lowest BCUT2D eigenvalue weighted by Gasteiger charge is -2.36. The van der Waals surface area contributed by atoms with Gasteiger partial charge in [0, 0.05) is 58.0 Å². The van der Waals surface area contributed by atoms with Gasteiger partial charge in [-0.25, -0.2) is 9.37 Å². The average molecular weight is 397 g/mol. The van der Waals surface area contributed by atoms with E-state index in [2.05, 4.69) is 14.8 Å². The van der Waals surface area contributed by atoms with Gasteiger partial charge in [0.2, 0.25) is 6.41 Å². The third kappa shape index (κ3) is 4.31. The zero-order valence-corrected chi connectivity index (χ0v) is 16.2. The molecule has 0 bridgehead atoms. The summed E-state index contributed by atoms with van der Waals surface area (Å²) in [6.45, 7) is 5.54. The summed E-state index contributed by atoms with van der Waals surface area (Å²) in [4.78, 5) is 35.9. The summed E-state index contributed by atoms with van der Waals surface area (Å²) in [7, 11) is 0. The second-order valence-corrected chi connectivity index (χ2v) is 7.29. The normalized spacial score (nSPS) is 17.4. The number of aromatic nitrogens is 1. The van der Waals surface area contributed by atoms with Crippen LogP contribution in [0.2, 0.25) is 0 Å². The number of pyridine rings is 1. The van der Waals surface area contributed by atoms with E-state index in [1.807, 2.05) is 11.0 Å². The number of piperazine rings is 2. The quantitative estimate of drug-likeness (QED) is 0.731. The summed E-state index contributed by atoms with van der Waals surface area (Å²) in [6.07, 6.45) is 2.62. The molecule has 4 rings (SSSR count). The van der Waals surface area contributed by atoms with E-state index in [1.54, 1.807) is 29.3 Å². The summed E-state index contributed by atoms with van der Waals surface area (Å²) in [5.74, 6) is -0.316. The first-order valence-electron chi connectivity index (χ1n) is 9.84. The molecule has 0 saturated carbocycles. The van der Waals surface area contributed by atoms with Crippen molar-refractivity contribution in [2.45, 2.75) is 0 Å². The Balaban J connectivity index is 1.33. The summed E-state index contributed by atoms with van der Waals surface area (Å²) < 4.78 is 13.1. The van der Waals surface area contributed by atoms with E-state index < -0.39 is 0 Å². The van der Waals surface area contributed by atoms with Crippen LogP contribution in [0.5, 0.6) is 0 Å². The third-order valence-electron chi connectivity index (χ3n) is 5.55. The van der Waals surface area contributed by atoms with Crippen LogP contribution in [0, 0.1) is 5.82 Å². The van der Waals surface area contributed by atoms with Crippen molar-refractivity contribution in [3.63, 3.8) is 0 Å². The topological polar surface area (TPSA) is 60.0 Å². The van der Waals surface area contributed by atoms with Crippen molar-refractivity contribution in [1.29, 1.82) is 0 Å². The fourth-order valence-electron chi connectivity index (χ4n) is 3.77. The van der Waals surface area contributed by atoms with Crippen LogP contribution in [-0.2, 0) is 4.79 Å². The minimum atomic E-state index is -0.247. The van der Waals surface area contributed by atoms with Gasteiger partial charge in [0.25, 0.3) is 5.91 Å². The molecule has 1 aromatic heterocycles. The molecular formula is C21H24FN5O2. The molecule has 2 aliphatic rings. The molecule has 7 nitrogen and oxygen atoms in total. The van der Waals surface area contributed by atoms with Crippen LogP contribution in [0.4, 0.5) is 15.8 Å². The van der Waals surface area contributed by atoms with Crippen LogP contribution < -0.4 is 9.80 Å². The van der Waals surface area contributed by atoms with Gasteiger partial charge in [-0.3, -0.25) is 9.59 Å². The predicted octanol–water partition coefficient (Wildman–Crippen LogP) is 1.46. The van der Waals surface area contributed by atoms with Gasteiger partial charge in [-0.15, -0.1) is 0 Å². The second-order valence-electron chi connectivity index (χ2n) is 7.29. The molecule has 2 amide bonds. The van der Waals surface area contributed by atoms with Gasteiger partial charge < -0.3 is 19.6 Å². The van der Waals surface area contributed by atoms with Gasteiger partial charge >= 0.3 is 0 Å². The van der Waals surface area contributed by atoms with Crippen LogP contribution in [0.3, 0.4) is 0 Å². The van der Waals surface area contributed by atoms with Crippen LogP contribution in [0.15, 0.2) is 42.6 Å².